The zero-order valence-corrected chi connectivity index (χ0v) is 19.0. The van der Waals surface area contributed by atoms with Crippen molar-refractivity contribution in [1.82, 2.24) is 4.98 Å². The summed E-state index contributed by atoms with van der Waals surface area (Å²) in [4.78, 5) is 32.1. The smallest absolute Gasteiger partial charge is 0.255 e. The summed E-state index contributed by atoms with van der Waals surface area (Å²) >= 11 is 3.34. The minimum absolute atomic E-state index is 0.0719. The Labute approximate surface area is 189 Å². The molecule has 1 saturated heterocycles. The van der Waals surface area contributed by atoms with Crippen LogP contribution in [0.2, 0.25) is 0 Å². The minimum atomic E-state index is -0.199. The van der Waals surface area contributed by atoms with Crippen molar-refractivity contribution in [3.05, 3.63) is 64.1 Å². The highest BCUT2D eigenvalue weighted by molar-refractivity contribution is 7.98. The molecule has 8 heteroatoms. The number of methoxy groups -OCH3 is 1. The first-order valence-corrected chi connectivity index (χ1v) is 11.8. The number of hydrogen-bond donors (Lipinski definition) is 1. The number of benzene rings is 2. The maximum atomic E-state index is 12.7. The molecule has 0 atom stereocenters. The average molecular weight is 454 g/mol. The van der Waals surface area contributed by atoms with E-state index in [4.69, 9.17) is 4.74 Å². The third kappa shape index (κ3) is 5.08. The first-order chi connectivity index (χ1) is 15.0. The number of aromatic nitrogens is 1. The average Bonchev–Trinajstić information content (AvgIpc) is 3.40. The molecule has 1 aliphatic rings. The number of aryl methyl sites for hydroxylation is 1. The Bertz CT molecular complexity index is 1100. The van der Waals surface area contributed by atoms with Crippen LogP contribution in [0.4, 0.5) is 11.4 Å². The van der Waals surface area contributed by atoms with Crippen molar-refractivity contribution in [2.24, 2.45) is 0 Å². The summed E-state index contributed by atoms with van der Waals surface area (Å²) in [6.07, 6.45) is 1.36. The Morgan fingerprint density at radius 1 is 1.26 bits per heavy atom. The maximum absolute atomic E-state index is 12.7. The molecule has 3 aromatic rings. The van der Waals surface area contributed by atoms with Gasteiger partial charge in [-0.1, -0.05) is 0 Å². The molecule has 1 N–H and O–H groups in total. The van der Waals surface area contributed by atoms with Gasteiger partial charge in [0.15, 0.2) is 0 Å². The van der Waals surface area contributed by atoms with Gasteiger partial charge in [0.05, 0.1) is 23.5 Å². The highest BCUT2D eigenvalue weighted by atomic mass is 32.2. The quantitative estimate of drug-likeness (QED) is 0.502. The van der Waals surface area contributed by atoms with Crippen LogP contribution in [0, 0.1) is 6.92 Å². The first kappa shape index (κ1) is 21.4. The van der Waals surface area contributed by atoms with E-state index in [0.29, 0.717) is 35.7 Å². The van der Waals surface area contributed by atoms with Gasteiger partial charge in [0, 0.05) is 40.2 Å². The van der Waals surface area contributed by atoms with E-state index in [1.807, 2.05) is 31.2 Å². The van der Waals surface area contributed by atoms with E-state index < -0.39 is 0 Å². The van der Waals surface area contributed by atoms with Gasteiger partial charge in [-0.05, 0) is 55.8 Å². The molecule has 4 rings (SSSR count). The second-order valence-electron chi connectivity index (χ2n) is 7.16. The molecule has 160 valence electrons. The molecule has 2 aromatic carbocycles. The Morgan fingerprint density at radius 3 is 2.71 bits per heavy atom. The number of carbonyl (C=O) groups is 2. The third-order valence-electron chi connectivity index (χ3n) is 4.97. The lowest BCUT2D eigenvalue weighted by atomic mass is 10.2. The van der Waals surface area contributed by atoms with Gasteiger partial charge in [-0.25, -0.2) is 4.98 Å². The van der Waals surface area contributed by atoms with Crippen molar-refractivity contribution >= 4 is 46.3 Å². The van der Waals surface area contributed by atoms with Gasteiger partial charge in [-0.15, -0.1) is 23.1 Å². The predicted molar refractivity (Wildman–Crippen MR) is 125 cm³/mol. The molecule has 1 fully saturated rings. The normalized spacial score (nSPS) is 13.5. The summed E-state index contributed by atoms with van der Waals surface area (Å²) in [7, 11) is 1.58. The number of thiazole rings is 1. The fourth-order valence-corrected chi connectivity index (χ4v) is 4.93. The number of nitrogens with zero attached hydrogens (tertiary/aromatic N) is 2. The van der Waals surface area contributed by atoms with Crippen LogP contribution < -0.4 is 15.0 Å². The molecular weight excluding hydrogens is 430 g/mol. The van der Waals surface area contributed by atoms with Crippen LogP contribution in [0.3, 0.4) is 0 Å². The maximum Gasteiger partial charge on any atom is 0.255 e. The van der Waals surface area contributed by atoms with Crippen molar-refractivity contribution in [2.45, 2.75) is 30.4 Å². The van der Waals surface area contributed by atoms with Crippen LogP contribution in [0.15, 0.2) is 52.7 Å². The number of amides is 2. The number of ether oxygens (including phenoxy) is 1. The monoisotopic (exact) mass is 453 g/mol. The number of thioether (sulfide) groups is 1. The third-order valence-corrected chi connectivity index (χ3v) is 6.84. The fraction of sp³-hybridized carbons (Fsp3) is 0.261. The van der Waals surface area contributed by atoms with Crippen molar-refractivity contribution in [3.8, 4) is 5.75 Å². The largest absolute Gasteiger partial charge is 0.495 e. The Hall–Kier alpha value is -2.84. The molecule has 0 bridgehead atoms. The molecule has 2 heterocycles. The molecule has 0 spiro atoms. The topological polar surface area (TPSA) is 71.5 Å². The molecule has 0 saturated carbocycles. The van der Waals surface area contributed by atoms with Gasteiger partial charge >= 0.3 is 0 Å². The summed E-state index contributed by atoms with van der Waals surface area (Å²) in [6.45, 7) is 2.66. The summed E-state index contributed by atoms with van der Waals surface area (Å²) in [5.41, 5.74) is 2.95. The molecule has 1 aromatic heterocycles. The van der Waals surface area contributed by atoms with Crippen LogP contribution >= 0.6 is 23.1 Å². The Kier molecular flexibility index (Phi) is 6.58. The number of hydrogen-bond acceptors (Lipinski definition) is 6. The summed E-state index contributed by atoms with van der Waals surface area (Å²) in [6, 6.07) is 12.9. The van der Waals surface area contributed by atoms with Crippen LogP contribution in [0.5, 0.6) is 5.75 Å². The summed E-state index contributed by atoms with van der Waals surface area (Å²) < 4.78 is 5.41. The van der Waals surface area contributed by atoms with Crippen molar-refractivity contribution in [3.63, 3.8) is 0 Å². The molecular formula is C23H23N3O3S2. The summed E-state index contributed by atoms with van der Waals surface area (Å²) in [5, 5.41) is 6.06. The van der Waals surface area contributed by atoms with Gasteiger partial charge in [0.25, 0.3) is 5.91 Å². The van der Waals surface area contributed by atoms with E-state index in [0.717, 1.165) is 27.8 Å². The van der Waals surface area contributed by atoms with Gasteiger partial charge in [0.2, 0.25) is 5.91 Å². The standard InChI is InChI=1S/C23H23N3O3S2/c1-15-24-18(13-30-15)14-31-19-8-5-16(6-9-19)23(28)25-17-7-10-21(29-2)20(12-17)26-11-3-4-22(26)27/h5-10,12-13H,3-4,11,14H2,1-2H3,(H,25,28). The molecule has 0 radical (unpaired) electrons. The molecule has 0 aliphatic carbocycles. The van der Waals surface area contributed by atoms with E-state index in [-0.39, 0.29) is 11.8 Å². The van der Waals surface area contributed by atoms with E-state index in [1.165, 1.54) is 0 Å². The van der Waals surface area contributed by atoms with Crippen LogP contribution in [-0.4, -0.2) is 30.5 Å². The van der Waals surface area contributed by atoms with E-state index >= 15 is 0 Å². The number of carbonyl (C=O) groups excluding carboxylic acids is 2. The van der Waals surface area contributed by atoms with Gasteiger partial charge in [-0.3, -0.25) is 9.59 Å². The van der Waals surface area contributed by atoms with Crippen molar-refractivity contribution < 1.29 is 14.3 Å². The van der Waals surface area contributed by atoms with Crippen LogP contribution in [0.1, 0.15) is 33.9 Å². The fourth-order valence-electron chi connectivity index (χ4n) is 3.42. The minimum Gasteiger partial charge on any atom is -0.495 e. The second-order valence-corrected chi connectivity index (χ2v) is 9.27. The van der Waals surface area contributed by atoms with Gasteiger partial charge in [0.1, 0.15) is 5.75 Å². The summed E-state index contributed by atoms with van der Waals surface area (Å²) in [5.74, 6) is 1.29. The van der Waals surface area contributed by atoms with E-state index in [9.17, 15) is 9.59 Å². The van der Waals surface area contributed by atoms with Crippen molar-refractivity contribution in [2.75, 3.05) is 23.9 Å². The zero-order chi connectivity index (χ0) is 21.8. The van der Waals surface area contributed by atoms with Crippen LogP contribution in [0.25, 0.3) is 0 Å². The van der Waals surface area contributed by atoms with E-state index in [2.05, 4.69) is 15.7 Å². The first-order valence-electron chi connectivity index (χ1n) is 9.97. The lowest BCUT2D eigenvalue weighted by molar-refractivity contribution is -0.117. The Morgan fingerprint density at radius 2 is 2.06 bits per heavy atom. The van der Waals surface area contributed by atoms with Crippen molar-refractivity contribution in [1.29, 1.82) is 0 Å². The molecule has 2 amide bonds. The highest BCUT2D eigenvalue weighted by Crippen LogP contribution is 2.34. The number of anilines is 2. The van der Waals surface area contributed by atoms with Gasteiger partial charge in [-0.2, -0.15) is 0 Å². The highest BCUT2D eigenvalue weighted by Gasteiger charge is 2.25. The molecule has 31 heavy (non-hydrogen) atoms. The second kappa shape index (κ2) is 9.53. The molecule has 6 nitrogen and oxygen atoms in total. The lowest BCUT2D eigenvalue weighted by Gasteiger charge is -2.20. The number of nitrogens with one attached hydrogen (secondary N) is 1. The molecule has 1 aliphatic heterocycles. The predicted octanol–water partition coefficient (Wildman–Crippen LogP) is 5.13. The van der Waals surface area contributed by atoms with Crippen LogP contribution in [-0.2, 0) is 10.5 Å². The zero-order valence-electron chi connectivity index (χ0n) is 17.4. The van der Waals surface area contributed by atoms with Gasteiger partial charge < -0.3 is 15.0 Å². The lowest BCUT2D eigenvalue weighted by Crippen LogP contribution is -2.24. The molecule has 0 unspecified atom stereocenters. The Balaban J connectivity index is 1.42. The van der Waals surface area contributed by atoms with E-state index in [1.54, 1.807) is 53.3 Å². The SMILES string of the molecule is COc1ccc(NC(=O)c2ccc(SCc3csc(C)n3)cc2)cc1N1CCCC1=O. The number of rotatable bonds is 7.